The van der Waals surface area contributed by atoms with E-state index in [-0.39, 0.29) is 12.2 Å². The van der Waals surface area contributed by atoms with E-state index in [1.54, 1.807) is 54.8 Å². The smallest absolute Gasteiger partial charge is 0.462 e. The second kappa shape index (κ2) is 9.80. The maximum atomic E-state index is 13.4. The minimum Gasteiger partial charge on any atom is -0.489 e. The van der Waals surface area contributed by atoms with Gasteiger partial charge in [-0.1, -0.05) is 29.8 Å². The summed E-state index contributed by atoms with van der Waals surface area (Å²) in [5, 5.41) is 3.50. The lowest BCUT2D eigenvalue weighted by Gasteiger charge is -2.27. The number of alkyl halides is 7. The molecule has 2 aromatic carbocycles. The van der Waals surface area contributed by atoms with Crippen LogP contribution in [0.15, 0.2) is 59.7 Å². The van der Waals surface area contributed by atoms with Crippen molar-refractivity contribution in [2.45, 2.75) is 38.6 Å². The van der Waals surface area contributed by atoms with E-state index in [1.165, 1.54) is 6.07 Å². The molecule has 0 amide bonds. The highest BCUT2D eigenvalue weighted by Crippen LogP contribution is 2.45. The predicted molar refractivity (Wildman–Crippen MR) is 118 cm³/mol. The molecule has 35 heavy (non-hydrogen) atoms. The van der Waals surface area contributed by atoms with Gasteiger partial charge in [-0.3, -0.25) is 0 Å². The van der Waals surface area contributed by atoms with Gasteiger partial charge in [0, 0.05) is 33.2 Å². The second-order valence-electron chi connectivity index (χ2n) is 7.55. The third kappa shape index (κ3) is 5.55. The van der Waals surface area contributed by atoms with Crippen molar-refractivity contribution in [1.29, 1.82) is 0 Å². The number of aryl methyl sites for hydroxylation is 1. The molecule has 1 aromatic heterocycles. The van der Waals surface area contributed by atoms with E-state index >= 15 is 0 Å². The third-order valence-corrected chi connectivity index (χ3v) is 5.45. The Morgan fingerprint density at radius 1 is 0.971 bits per heavy atom. The molecule has 0 aliphatic heterocycles. The van der Waals surface area contributed by atoms with Gasteiger partial charge in [-0.15, -0.1) is 0 Å². The Balaban J connectivity index is 1.73. The first-order valence-electron chi connectivity index (χ1n) is 10.0. The van der Waals surface area contributed by atoms with Crippen molar-refractivity contribution in [2.24, 2.45) is 5.10 Å². The van der Waals surface area contributed by atoms with Crippen LogP contribution in [0.25, 0.3) is 5.69 Å². The van der Waals surface area contributed by atoms with Gasteiger partial charge in [0.1, 0.15) is 12.4 Å². The summed E-state index contributed by atoms with van der Waals surface area (Å²) in [6.45, 7) is 3.57. The molecule has 0 aliphatic carbocycles. The number of benzene rings is 2. The number of nitrogens with zero attached hydrogens (tertiary/aromatic N) is 2. The third-order valence-electron chi connectivity index (χ3n) is 5.08. The first-order valence-corrected chi connectivity index (χ1v) is 10.4. The first kappa shape index (κ1) is 26.4. The number of hydrazone groups is 1. The molecule has 188 valence electrons. The van der Waals surface area contributed by atoms with Crippen LogP contribution in [-0.2, 0) is 6.61 Å². The Bertz CT molecular complexity index is 1200. The van der Waals surface area contributed by atoms with Crippen molar-refractivity contribution < 1.29 is 35.5 Å². The SMILES string of the molecule is Cc1cc(/C=N\NC(F)(F)C(F)(F)C(F)(F)F)c(C)n1-c1ccc(OCc2ccccc2Cl)cc1. The zero-order valence-electron chi connectivity index (χ0n) is 18.3. The highest BCUT2D eigenvalue weighted by molar-refractivity contribution is 6.31. The molecule has 4 nitrogen and oxygen atoms in total. The lowest BCUT2D eigenvalue weighted by Crippen LogP contribution is -2.58. The summed E-state index contributed by atoms with van der Waals surface area (Å²) in [7, 11) is 0. The molecule has 0 unspecified atom stereocenters. The molecule has 12 heteroatoms. The monoisotopic (exact) mass is 521 g/mol. The van der Waals surface area contributed by atoms with Gasteiger partial charge < -0.3 is 9.30 Å². The summed E-state index contributed by atoms with van der Waals surface area (Å²) in [5.74, 6) is -5.74. The summed E-state index contributed by atoms with van der Waals surface area (Å²) >= 11 is 6.11. The number of ether oxygens (including phenoxy) is 1. The van der Waals surface area contributed by atoms with Gasteiger partial charge in [0.15, 0.2) is 0 Å². The Morgan fingerprint density at radius 2 is 1.60 bits per heavy atom. The van der Waals surface area contributed by atoms with E-state index < -0.39 is 18.1 Å². The zero-order valence-corrected chi connectivity index (χ0v) is 19.1. The number of aromatic nitrogens is 1. The Kier molecular flexibility index (Phi) is 7.39. The van der Waals surface area contributed by atoms with E-state index in [2.05, 4.69) is 5.10 Å². The van der Waals surface area contributed by atoms with E-state index in [0.29, 0.717) is 33.3 Å². The summed E-state index contributed by atoms with van der Waals surface area (Å²) in [5.41, 5.74) is 3.47. The van der Waals surface area contributed by atoms with Crippen LogP contribution in [0.1, 0.15) is 22.5 Å². The molecule has 0 atom stereocenters. The van der Waals surface area contributed by atoms with Crippen molar-refractivity contribution in [2.75, 3.05) is 0 Å². The molecular weight excluding hydrogens is 503 g/mol. The van der Waals surface area contributed by atoms with Crippen LogP contribution >= 0.6 is 11.6 Å². The topological polar surface area (TPSA) is 38.5 Å². The first-order chi connectivity index (χ1) is 16.2. The van der Waals surface area contributed by atoms with Crippen LogP contribution in [0, 0.1) is 13.8 Å². The summed E-state index contributed by atoms with van der Waals surface area (Å²) in [6, 6.07) is 10.0. The molecule has 0 fully saturated rings. The normalized spacial score (nSPS) is 12.9. The fourth-order valence-electron chi connectivity index (χ4n) is 3.21. The highest BCUT2D eigenvalue weighted by Gasteiger charge is 2.73. The van der Waals surface area contributed by atoms with Crippen molar-refractivity contribution in [1.82, 2.24) is 9.99 Å². The Morgan fingerprint density at radius 3 is 2.20 bits per heavy atom. The lowest BCUT2D eigenvalue weighted by atomic mass is 10.2. The average Bonchev–Trinajstić information content (AvgIpc) is 3.05. The van der Waals surface area contributed by atoms with Crippen LogP contribution in [0.5, 0.6) is 5.75 Å². The number of hydrogen-bond donors (Lipinski definition) is 1. The quantitative estimate of drug-likeness (QED) is 0.149. The molecule has 0 aliphatic rings. The van der Waals surface area contributed by atoms with Gasteiger partial charge in [0.2, 0.25) is 0 Å². The van der Waals surface area contributed by atoms with Crippen LogP contribution in [0.3, 0.4) is 0 Å². The zero-order chi connectivity index (χ0) is 26.0. The lowest BCUT2D eigenvalue weighted by molar-refractivity contribution is -0.361. The van der Waals surface area contributed by atoms with Crippen LogP contribution in [-0.4, -0.2) is 28.9 Å². The Hall–Kier alpha value is -3.21. The van der Waals surface area contributed by atoms with Crippen LogP contribution in [0.4, 0.5) is 30.7 Å². The molecule has 0 radical (unpaired) electrons. The highest BCUT2D eigenvalue weighted by atomic mass is 35.5. The maximum absolute atomic E-state index is 13.4. The summed E-state index contributed by atoms with van der Waals surface area (Å²) in [6.07, 6.45) is -5.70. The van der Waals surface area contributed by atoms with Gasteiger partial charge in [-0.25, -0.2) is 5.43 Å². The predicted octanol–water partition coefficient (Wildman–Crippen LogP) is 7.04. The molecule has 0 saturated carbocycles. The number of nitrogens with one attached hydrogen (secondary N) is 1. The Labute approximate surface area is 201 Å². The minimum absolute atomic E-state index is 0.236. The molecular formula is C23H19ClF7N3O. The van der Waals surface area contributed by atoms with Gasteiger partial charge in [0.05, 0.1) is 6.21 Å². The largest absolute Gasteiger partial charge is 0.489 e. The molecule has 0 spiro atoms. The van der Waals surface area contributed by atoms with Gasteiger partial charge in [0.25, 0.3) is 0 Å². The van der Waals surface area contributed by atoms with Crippen molar-refractivity contribution in [3.8, 4) is 11.4 Å². The van der Waals surface area contributed by atoms with Gasteiger partial charge >= 0.3 is 18.1 Å². The number of halogens is 8. The maximum Gasteiger partial charge on any atom is 0.462 e. The summed E-state index contributed by atoms with van der Waals surface area (Å²) in [4.78, 5) is 0. The molecule has 1 N–H and O–H groups in total. The number of rotatable bonds is 8. The standard InChI is InChI=1S/C23H19ClF7N3O/c1-14-11-17(12-32-33-23(30,31)21(25,26)22(27,28)29)15(2)34(14)18-7-9-19(10-8-18)35-13-16-5-3-4-6-20(16)24/h3-12,33H,13H2,1-2H3/b32-12-. The van der Waals surface area contributed by atoms with E-state index in [4.69, 9.17) is 16.3 Å². The van der Waals surface area contributed by atoms with Crippen molar-refractivity contribution in [3.63, 3.8) is 0 Å². The fraction of sp³-hybridized carbons (Fsp3) is 0.261. The minimum atomic E-state index is -6.45. The van der Waals surface area contributed by atoms with Crippen LogP contribution in [0.2, 0.25) is 5.02 Å². The molecule has 0 bridgehead atoms. The average molecular weight is 522 g/mol. The molecule has 0 saturated heterocycles. The van der Waals surface area contributed by atoms with Crippen molar-refractivity contribution >= 4 is 17.8 Å². The molecule has 3 rings (SSSR count). The van der Waals surface area contributed by atoms with Crippen molar-refractivity contribution in [3.05, 3.63) is 82.1 Å². The van der Waals surface area contributed by atoms with E-state index in [0.717, 1.165) is 11.8 Å². The number of hydrogen-bond acceptors (Lipinski definition) is 3. The fourth-order valence-corrected chi connectivity index (χ4v) is 3.41. The summed E-state index contributed by atoms with van der Waals surface area (Å²) < 4.78 is 96.8. The molecule has 3 aromatic rings. The molecule has 1 heterocycles. The van der Waals surface area contributed by atoms with E-state index in [9.17, 15) is 30.7 Å². The van der Waals surface area contributed by atoms with E-state index in [1.807, 2.05) is 12.1 Å². The van der Waals surface area contributed by atoms with Gasteiger partial charge in [-0.2, -0.15) is 35.8 Å². The second-order valence-corrected chi connectivity index (χ2v) is 7.96. The van der Waals surface area contributed by atoms with Gasteiger partial charge in [-0.05, 0) is 50.2 Å². The van der Waals surface area contributed by atoms with Crippen LogP contribution < -0.4 is 10.2 Å².